The van der Waals surface area contributed by atoms with Crippen LogP contribution in [0.3, 0.4) is 0 Å². The number of rotatable bonds is 1. The van der Waals surface area contributed by atoms with Crippen molar-refractivity contribution in [2.45, 2.75) is 6.67 Å². The highest BCUT2D eigenvalue weighted by Gasteiger charge is 2.05. The first-order chi connectivity index (χ1) is 5.81. The van der Waals surface area contributed by atoms with Crippen molar-refractivity contribution in [2.24, 2.45) is 0 Å². The van der Waals surface area contributed by atoms with E-state index in [1.807, 2.05) is 0 Å². The van der Waals surface area contributed by atoms with E-state index in [0.29, 0.717) is 16.5 Å². The topological polar surface area (TPSA) is 33.4 Å². The Morgan fingerprint density at radius 1 is 1.42 bits per heavy atom. The molecule has 1 aromatic heterocycles. The average Bonchev–Trinajstić information content (AvgIpc) is 2.46. The standard InChI is InChI=1S/C9H7FO2/c10-4-6-5-12-9-2-1-7(11)3-8(6)9/h1-3,5,11H,4H2. The number of aromatic hydroxyl groups is 1. The Morgan fingerprint density at radius 3 is 3.00 bits per heavy atom. The van der Waals surface area contributed by atoms with Crippen LogP contribution in [-0.2, 0) is 6.67 Å². The molecule has 2 aromatic rings. The van der Waals surface area contributed by atoms with Gasteiger partial charge in [-0.3, -0.25) is 0 Å². The van der Waals surface area contributed by atoms with Crippen LogP contribution < -0.4 is 0 Å². The minimum Gasteiger partial charge on any atom is -0.508 e. The lowest BCUT2D eigenvalue weighted by Gasteiger charge is -1.91. The number of hydrogen-bond donors (Lipinski definition) is 1. The third-order valence-electron chi connectivity index (χ3n) is 1.78. The van der Waals surface area contributed by atoms with Gasteiger partial charge in [-0.15, -0.1) is 0 Å². The molecule has 62 valence electrons. The predicted molar refractivity (Wildman–Crippen MR) is 42.7 cm³/mol. The number of benzene rings is 1. The van der Waals surface area contributed by atoms with Crippen molar-refractivity contribution in [3.8, 4) is 5.75 Å². The van der Waals surface area contributed by atoms with Crippen molar-refractivity contribution in [3.63, 3.8) is 0 Å². The van der Waals surface area contributed by atoms with Crippen molar-refractivity contribution < 1.29 is 13.9 Å². The van der Waals surface area contributed by atoms with Gasteiger partial charge in [-0.1, -0.05) is 0 Å². The molecule has 0 bridgehead atoms. The Kier molecular flexibility index (Phi) is 1.50. The van der Waals surface area contributed by atoms with Gasteiger partial charge in [0.05, 0.1) is 6.26 Å². The second-order valence-corrected chi connectivity index (χ2v) is 2.58. The lowest BCUT2D eigenvalue weighted by atomic mass is 10.2. The summed E-state index contributed by atoms with van der Waals surface area (Å²) >= 11 is 0. The molecule has 0 saturated carbocycles. The number of phenols is 1. The number of alkyl halides is 1. The fraction of sp³-hybridized carbons (Fsp3) is 0.111. The van der Waals surface area contributed by atoms with E-state index in [1.165, 1.54) is 18.4 Å². The van der Waals surface area contributed by atoms with Crippen LogP contribution in [0, 0.1) is 0 Å². The van der Waals surface area contributed by atoms with E-state index in [1.54, 1.807) is 6.07 Å². The Morgan fingerprint density at radius 2 is 2.25 bits per heavy atom. The number of hydrogen-bond acceptors (Lipinski definition) is 2. The zero-order valence-corrected chi connectivity index (χ0v) is 6.25. The van der Waals surface area contributed by atoms with E-state index < -0.39 is 6.67 Å². The quantitative estimate of drug-likeness (QED) is 0.706. The fourth-order valence-corrected chi connectivity index (χ4v) is 1.17. The maximum absolute atomic E-state index is 12.3. The third kappa shape index (κ3) is 0.942. The minimum atomic E-state index is -0.573. The molecular formula is C9H7FO2. The smallest absolute Gasteiger partial charge is 0.134 e. The number of halogens is 1. The van der Waals surface area contributed by atoms with Gasteiger partial charge in [0.2, 0.25) is 0 Å². The van der Waals surface area contributed by atoms with E-state index in [2.05, 4.69) is 0 Å². The van der Waals surface area contributed by atoms with Crippen LogP contribution in [0.25, 0.3) is 11.0 Å². The molecule has 0 fully saturated rings. The van der Waals surface area contributed by atoms with Crippen LogP contribution in [0.4, 0.5) is 4.39 Å². The molecule has 0 aliphatic carbocycles. The minimum absolute atomic E-state index is 0.124. The monoisotopic (exact) mass is 166 g/mol. The summed E-state index contributed by atoms with van der Waals surface area (Å²) < 4.78 is 17.3. The van der Waals surface area contributed by atoms with Gasteiger partial charge in [0.1, 0.15) is 18.0 Å². The number of fused-ring (bicyclic) bond motifs is 1. The zero-order valence-electron chi connectivity index (χ0n) is 6.25. The maximum atomic E-state index is 12.3. The normalized spacial score (nSPS) is 10.8. The van der Waals surface area contributed by atoms with Crippen LogP contribution in [-0.4, -0.2) is 5.11 Å². The summed E-state index contributed by atoms with van der Waals surface area (Å²) in [6.07, 6.45) is 1.37. The van der Waals surface area contributed by atoms with E-state index in [-0.39, 0.29) is 5.75 Å². The van der Waals surface area contributed by atoms with Crippen LogP contribution in [0.2, 0.25) is 0 Å². The molecule has 0 atom stereocenters. The number of furan rings is 1. The Labute approximate surface area is 68.2 Å². The Bertz CT molecular complexity index is 406. The lowest BCUT2D eigenvalue weighted by molar-refractivity contribution is 0.475. The summed E-state index contributed by atoms with van der Waals surface area (Å²) in [5.74, 6) is 0.124. The predicted octanol–water partition coefficient (Wildman–Crippen LogP) is 2.61. The molecule has 1 heterocycles. The van der Waals surface area contributed by atoms with E-state index in [9.17, 15) is 4.39 Å². The highest BCUT2D eigenvalue weighted by Crippen LogP contribution is 2.25. The van der Waals surface area contributed by atoms with Gasteiger partial charge in [-0.2, -0.15) is 0 Å². The summed E-state index contributed by atoms with van der Waals surface area (Å²) in [5.41, 5.74) is 1.07. The first kappa shape index (κ1) is 7.16. The molecule has 2 nitrogen and oxygen atoms in total. The molecular weight excluding hydrogens is 159 g/mol. The molecule has 0 spiro atoms. The molecule has 1 N–H and O–H groups in total. The van der Waals surface area contributed by atoms with Gasteiger partial charge in [-0.25, -0.2) is 4.39 Å². The number of phenolic OH excluding ortho intramolecular Hbond substituents is 1. The summed E-state index contributed by atoms with van der Waals surface area (Å²) in [7, 11) is 0. The lowest BCUT2D eigenvalue weighted by Crippen LogP contribution is -1.73. The van der Waals surface area contributed by atoms with Crippen LogP contribution >= 0.6 is 0 Å². The van der Waals surface area contributed by atoms with Crippen molar-refractivity contribution in [1.82, 2.24) is 0 Å². The Balaban J connectivity index is 2.75. The van der Waals surface area contributed by atoms with Gasteiger partial charge in [0, 0.05) is 10.9 Å². The van der Waals surface area contributed by atoms with E-state index in [0.717, 1.165) is 0 Å². The van der Waals surface area contributed by atoms with Crippen molar-refractivity contribution >= 4 is 11.0 Å². The highest BCUT2D eigenvalue weighted by atomic mass is 19.1. The van der Waals surface area contributed by atoms with Crippen molar-refractivity contribution in [3.05, 3.63) is 30.0 Å². The molecule has 0 amide bonds. The summed E-state index contributed by atoms with van der Waals surface area (Å²) in [4.78, 5) is 0. The molecule has 1 aromatic carbocycles. The molecule has 0 aliphatic heterocycles. The maximum Gasteiger partial charge on any atom is 0.134 e. The SMILES string of the molecule is Oc1ccc2occ(CF)c2c1. The molecule has 0 radical (unpaired) electrons. The first-order valence-electron chi connectivity index (χ1n) is 3.56. The van der Waals surface area contributed by atoms with E-state index >= 15 is 0 Å². The second kappa shape index (κ2) is 2.52. The largest absolute Gasteiger partial charge is 0.508 e. The van der Waals surface area contributed by atoms with Crippen molar-refractivity contribution in [2.75, 3.05) is 0 Å². The van der Waals surface area contributed by atoms with Crippen LogP contribution in [0.5, 0.6) is 5.75 Å². The molecule has 0 saturated heterocycles. The second-order valence-electron chi connectivity index (χ2n) is 2.58. The third-order valence-corrected chi connectivity index (χ3v) is 1.78. The molecule has 2 rings (SSSR count). The highest BCUT2D eigenvalue weighted by molar-refractivity contribution is 5.82. The zero-order chi connectivity index (χ0) is 8.55. The summed E-state index contributed by atoms with van der Waals surface area (Å²) in [6.45, 7) is -0.573. The van der Waals surface area contributed by atoms with Gasteiger partial charge < -0.3 is 9.52 Å². The van der Waals surface area contributed by atoms with Crippen molar-refractivity contribution in [1.29, 1.82) is 0 Å². The fourth-order valence-electron chi connectivity index (χ4n) is 1.17. The van der Waals surface area contributed by atoms with Gasteiger partial charge >= 0.3 is 0 Å². The summed E-state index contributed by atoms with van der Waals surface area (Å²) in [6, 6.07) is 4.62. The summed E-state index contributed by atoms with van der Waals surface area (Å²) in [5, 5.41) is 9.74. The van der Waals surface area contributed by atoms with Crippen LogP contribution in [0.15, 0.2) is 28.9 Å². The molecule has 0 unspecified atom stereocenters. The van der Waals surface area contributed by atoms with Crippen LogP contribution in [0.1, 0.15) is 5.56 Å². The molecule has 0 aliphatic rings. The first-order valence-corrected chi connectivity index (χ1v) is 3.56. The Hall–Kier alpha value is -1.51. The molecule has 12 heavy (non-hydrogen) atoms. The van der Waals surface area contributed by atoms with Gasteiger partial charge in [0.15, 0.2) is 0 Å². The molecule has 3 heteroatoms. The van der Waals surface area contributed by atoms with E-state index in [4.69, 9.17) is 9.52 Å². The van der Waals surface area contributed by atoms with Gasteiger partial charge in [-0.05, 0) is 18.2 Å². The average molecular weight is 166 g/mol. The van der Waals surface area contributed by atoms with Gasteiger partial charge in [0.25, 0.3) is 0 Å².